The first kappa shape index (κ1) is 46.9. The Hall–Kier alpha value is -0.240. The van der Waals surface area contributed by atoms with Crippen LogP contribution in [0.3, 0.4) is 0 Å². The molecule has 2 bridgehead atoms. The highest BCUT2D eigenvalue weighted by molar-refractivity contribution is 5.16. The van der Waals surface area contributed by atoms with Crippen LogP contribution in [0.2, 0.25) is 0 Å². The van der Waals surface area contributed by atoms with Crippen LogP contribution >= 0.6 is 0 Å². The van der Waals surface area contributed by atoms with E-state index in [1.807, 2.05) is 0 Å². The van der Waals surface area contributed by atoms with Gasteiger partial charge in [0.2, 0.25) is 0 Å². The van der Waals surface area contributed by atoms with E-state index in [2.05, 4.69) is 168 Å². The molecule has 0 aromatic carbocycles. The van der Waals surface area contributed by atoms with Gasteiger partial charge in [-0.05, 0) is 176 Å². The Balaban J connectivity index is 0.000000387. The van der Waals surface area contributed by atoms with Gasteiger partial charge in [0.25, 0.3) is 0 Å². The van der Waals surface area contributed by atoms with Gasteiger partial charge < -0.3 is 24.8 Å². The molecule has 0 aromatic heterocycles. The van der Waals surface area contributed by atoms with Gasteiger partial charge in [-0.2, -0.15) is 0 Å². The molecule has 1 unspecified atom stereocenters. The van der Waals surface area contributed by atoms with E-state index in [1.165, 1.54) is 51.4 Å². The second-order valence-electron chi connectivity index (χ2n) is 24.0. The monoisotopic (exact) mass is 725 g/mol. The van der Waals surface area contributed by atoms with Crippen molar-refractivity contribution in [2.45, 2.75) is 280 Å². The lowest BCUT2D eigenvalue weighted by Crippen LogP contribution is -2.75. The molecule has 2 N–H and O–H groups in total. The summed E-state index contributed by atoms with van der Waals surface area (Å²) in [5, 5.41) is 7.46. The van der Waals surface area contributed by atoms with Crippen molar-refractivity contribution >= 4 is 0 Å². The molecule has 6 heteroatoms. The Morgan fingerprint density at radius 2 is 0.863 bits per heavy atom. The molecule has 0 spiro atoms. The van der Waals surface area contributed by atoms with Crippen LogP contribution in [0.15, 0.2) is 0 Å². The molecule has 6 nitrogen and oxygen atoms in total. The zero-order valence-electron chi connectivity index (χ0n) is 38.4. The van der Waals surface area contributed by atoms with Gasteiger partial charge >= 0.3 is 0 Å². The molecule has 2 saturated carbocycles. The van der Waals surface area contributed by atoms with E-state index in [9.17, 15) is 0 Å². The highest BCUT2D eigenvalue weighted by Gasteiger charge is 2.63. The maximum absolute atomic E-state index is 6.31. The fourth-order valence-corrected chi connectivity index (χ4v) is 9.84. The summed E-state index contributed by atoms with van der Waals surface area (Å²) in [5.41, 5.74) is 0.982. The highest BCUT2D eigenvalue weighted by atomic mass is 16.5. The van der Waals surface area contributed by atoms with Gasteiger partial charge in [0.05, 0.1) is 35.1 Å². The summed E-state index contributed by atoms with van der Waals surface area (Å²) in [6, 6.07) is 2.67. The van der Waals surface area contributed by atoms with E-state index in [1.54, 1.807) is 0 Å². The van der Waals surface area contributed by atoms with Crippen molar-refractivity contribution in [1.29, 1.82) is 0 Å². The largest absolute Gasteiger partial charge is 0.373 e. The van der Waals surface area contributed by atoms with Gasteiger partial charge in [-0.1, -0.05) is 27.7 Å². The summed E-state index contributed by atoms with van der Waals surface area (Å²) >= 11 is 0. The van der Waals surface area contributed by atoms with Gasteiger partial charge in [-0.15, -0.1) is 0 Å². The summed E-state index contributed by atoms with van der Waals surface area (Å²) in [7, 11) is 0. The Morgan fingerprint density at radius 3 is 1.20 bits per heavy atom. The lowest BCUT2D eigenvalue weighted by molar-refractivity contribution is -0.251. The van der Waals surface area contributed by atoms with Crippen LogP contribution in [0.4, 0.5) is 0 Å². The molecule has 3 atom stereocenters. The molecule has 2 saturated heterocycles. The van der Waals surface area contributed by atoms with Crippen LogP contribution in [0.5, 0.6) is 0 Å². The molecule has 4 rings (SSSR count). The molecule has 306 valence electrons. The summed E-state index contributed by atoms with van der Waals surface area (Å²) in [4.78, 5) is 2.75. The van der Waals surface area contributed by atoms with Crippen LogP contribution in [-0.2, 0) is 14.2 Å². The maximum atomic E-state index is 6.31. The Kier molecular flexibility index (Phi) is 15.1. The lowest BCUT2D eigenvalue weighted by Gasteiger charge is -2.66. The Morgan fingerprint density at radius 1 is 0.490 bits per heavy atom. The fraction of sp³-hybridized carbons (Fsp3) is 1.00. The molecule has 4 aliphatic rings. The van der Waals surface area contributed by atoms with Crippen molar-refractivity contribution in [3.63, 3.8) is 0 Å². The van der Waals surface area contributed by atoms with Crippen molar-refractivity contribution in [3.8, 4) is 0 Å². The number of nitrogens with zero attached hydrogens (tertiary/aromatic N) is 1. The predicted octanol–water partition coefficient (Wildman–Crippen LogP) is 11.3. The van der Waals surface area contributed by atoms with E-state index in [-0.39, 0.29) is 40.1 Å². The SMILES string of the molecule is CC(C)(C)NC1C(C)(C)C(OC(C)(C)C)C1(C)C.CC(C)(C)NC1CCC(OC(C)(C)C)CC1.CC(C)(C)OC1C[C@H]2CC[C@@H](C1)N2C(C)(C)C.[2HH]. The zero-order chi connectivity index (χ0) is 39.8. The number of rotatable bonds is 5. The van der Waals surface area contributed by atoms with E-state index >= 15 is 0 Å². The molecule has 2 heterocycles. The van der Waals surface area contributed by atoms with Gasteiger partial charge in [-0.25, -0.2) is 0 Å². The first-order valence-corrected chi connectivity index (χ1v) is 20.9. The van der Waals surface area contributed by atoms with Crippen LogP contribution < -0.4 is 10.6 Å². The summed E-state index contributed by atoms with van der Waals surface area (Å²) < 4.78 is 18.5. The third-order valence-corrected chi connectivity index (χ3v) is 10.7. The third kappa shape index (κ3) is 15.4. The van der Waals surface area contributed by atoms with Crippen LogP contribution in [0, 0.1) is 10.8 Å². The van der Waals surface area contributed by atoms with Crippen LogP contribution in [-0.4, -0.2) is 80.8 Å². The number of piperidine rings is 1. The lowest BCUT2D eigenvalue weighted by atomic mass is 9.49. The van der Waals surface area contributed by atoms with E-state index in [4.69, 9.17) is 14.2 Å². The molecular formula is C45H93N3O3. The van der Waals surface area contributed by atoms with E-state index in [0.29, 0.717) is 35.9 Å². The summed E-state index contributed by atoms with van der Waals surface area (Å²) in [6.45, 7) is 49.1. The minimum absolute atomic E-state index is 0. The van der Waals surface area contributed by atoms with Crippen molar-refractivity contribution in [1.82, 2.24) is 15.5 Å². The van der Waals surface area contributed by atoms with Crippen LogP contribution in [0.1, 0.15) is 205 Å². The molecule has 0 aromatic rings. The third-order valence-electron chi connectivity index (χ3n) is 10.7. The number of nitrogens with one attached hydrogen (secondary N) is 2. The minimum Gasteiger partial charge on any atom is -0.373 e. The Labute approximate surface area is 320 Å². The average Bonchev–Trinajstić information content (AvgIpc) is 3.16. The van der Waals surface area contributed by atoms with Gasteiger partial charge in [-0.3, -0.25) is 4.90 Å². The number of hydrogen-bond donors (Lipinski definition) is 2. The zero-order valence-corrected chi connectivity index (χ0v) is 38.4. The molecule has 0 radical (unpaired) electrons. The van der Waals surface area contributed by atoms with Crippen molar-refractivity contribution in [3.05, 3.63) is 0 Å². The second-order valence-corrected chi connectivity index (χ2v) is 24.0. The number of fused-ring (bicyclic) bond motifs is 2. The van der Waals surface area contributed by atoms with Crippen LogP contribution in [0.25, 0.3) is 0 Å². The quantitative estimate of drug-likeness (QED) is 0.294. The van der Waals surface area contributed by atoms with E-state index < -0.39 is 0 Å². The number of hydrogen-bond acceptors (Lipinski definition) is 6. The first-order chi connectivity index (χ1) is 22.5. The predicted molar refractivity (Wildman–Crippen MR) is 223 cm³/mol. The molecule has 2 aliphatic carbocycles. The molecule has 2 aliphatic heterocycles. The van der Waals surface area contributed by atoms with Gasteiger partial charge in [0.15, 0.2) is 0 Å². The fourth-order valence-electron chi connectivity index (χ4n) is 9.84. The van der Waals surface area contributed by atoms with Gasteiger partial charge in [0, 0.05) is 53.0 Å². The normalized spacial score (nSPS) is 31.5. The van der Waals surface area contributed by atoms with Crippen molar-refractivity contribution in [2.75, 3.05) is 0 Å². The average molecular weight is 725 g/mol. The second kappa shape index (κ2) is 16.5. The Bertz CT molecular complexity index is 974. The first-order valence-electron chi connectivity index (χ1n) is 20.9. The van der Waals surface area contributed by atoms with Crippen molar-refractivity contribution < 1.29 is 15.6 Å². The molecule has 0 amide bonds. The minimum atomic E-state index is -0.0775. The topological polar surface area (TPSA) is 55.0 Å². The molecule has 51 heavy (non-hydrogen) atoms. The maximum Gasteiger partial charge on any atom is 0.0714 e. The standard InChI is InChI=1S/C16H33NO.C15H29NO.C14H29NO.H2/c1-13(2,3)17-11-15(7,8)12(16(11,9)10)18-14(4,5)6;1-14(2,3)16-11-7-8-12(16)10-13(9-11)17-15(4,5)6;1-13(2,3)15-11-7-9-12(10-8-11)16-14(4,5)6;/h11-12,17H,1-10H3;11-13H,7-10H2,1-6H3;11-12,15H,7-10H2,1-6H3;1H/t;11-,12+,13?;;/i;;;1+1. The number of ether oxygens (including phenoxy) is 3. The van der Waals surface area contributed by atoms with E-state index in [0.717, 1.165) is 12.1 Å². The smallest absolute Gasteiger partial charge is 0.0714 e. The summed E-state index contributed by atoms with van der Waals surface area (Å²) in [5.74, 6) is 0. The summed E-state index contributed by atoms with van der Waals surface area (Å²) in [6.07, 6.45) is 11.3. The highest BCUT2D eigenvalue weighted by Crippen LogP contribution is 2.57. The van der Waals surface area contributed by atoms with Gasteiger partial charge in [0.1, 0.15) is 0 Å². The molecular weight excluding hydrogens is 631 g/mol. The molecule has 4 fully saturated rings. The van der Waals surface area contributed by atoms with Crippen molar-refractivity contribution in [2.24, 2.45) is 10.8 Å².